The molecule has 0 amide bonds. The van der Waals surface area contributed by atoms with E-state index in [1.165, 1.54) is 11.3 Å². The quantitative estimate of drug-likeness (QED) is 0.584. The smallest absolute Gasteiger partial charge is 0.0641 e. The van der Waals surface area contributed by atoms with Crippen LogP contribution in [0.1, 0.15) is 26.3 Å². The van der Waals surface area contributed by atoms with Crippen molar-refractivity contribution >= 4 is 11.4 Å². The molecular weight excluding hydrogens is 212 g/mol. The number of rotatable bonds is 7. The highest BCUT2D eigenvalue weighted by Crippen LogP contribution is 2.21. The molecule has 0 aromatic heterocycles. The Morgan fingerprint density at radius 3 is 2.59 bits per heavy atom. The van der Waals surface area contributed by atoms with E-state index in [0.717, 1.165) is 38.4 Å². The van der Waals surface area contributed by atoms with Gasteiger partial charge < -0.3 is 15.4 Å². The zero-order valence-corrected chi connectivity index (χ0v) is 11.2. The molecule has 2 N–H and O–H groups in total. The maximum Gasteiger partial charge on any atom is 0.0641 e. The molecule has 0 aliphatic rings. The van der Waals surface area contributed by atoms with Crippen molar-refractivity contribution in [3.63, 3.8) is 0 Å². The van der Waals surface area contributed by atoms with E-state index in [1.54, 1.807) is 0 Å². The molecule has 1 rings (SSSR count). The molecule has 3 heteroatoms. The summed E-state index contributed by atoms with van der Waals surface area (Å²) in [6.07, 6.45) is 0.975. The normalized spacial score (nSPS) is 10.5. The third-order valence-corrected chi connectivity index (χ3v) is 2.96. The summed E-state index contributed by atoms with van der Waals surface area (Å²) in [5, 5.41) is 0. The number of nitrogen functional groups attached to an aromatic ring is 1. The van der Waals surface area contributed by atoms with Crippen LogP contribution in [0.3, 0.4) is 0 Å². The minimum absolute atomic E-state index is 0.774. The number of hydrogen-bond acceptors (Lipinski definition) is 3. The van der Waals surface area contributed by atoms with Crippen molar-refractivity contribution < 1.29 is 4.74 Å². The molecule has 0 saturated heterocycles. The molecular formula is C14H24N2O. The number of nitrogens with zero attached hydrogens (tertiary/aromatic N) is 1. The van der Waals surface area contributed by atoms with Crippen molar-refractivity contribution in [2.45, 2.75) is 27.2 Å². The van der Waals surface area contributed by atoms with Crippen molar-refractivity contribution in [1.82, 2.24) is 0 Å². The van der Waals surface area contributed by atoms with Crippen LogP contribution in [0.4, 0.5) is 11.4 Å². The van der Waals surface area contributed by atoms with Gasteiger partial charge in [-0.05, 0) is 44.0 Å². The predicted octanol–water partition coefficient (Wildman–Crippen LogP) is 2.69. The van der Waals surface area contributed by atoms with Gasteiger partial charge in [-0.2, -0.15) is 0 Å². The topological polar surface area (TPSA) is 38.5 Å². The van der Waals surface area contributed by atoms with E-state index in [0.29, 0.717) is 0 Å². The molecule has 0 aliphatic heterocycles. The van der Waals surface area contributed by atoms with E-state index in [2.05, 4.69) is 30.9 Å². The highest BCUT2D eigenvalue weighted by atomic mass is 16.5. The van der Waals surface area contributed by atoms with E-state index >= 15 is 0 Å². The van der Waals surface area contributed by atoms with Gasteiger partial charge in [-0.15, -0.1) is 0 Å². The summed E-state index contributed by atoms with van der Waals surface area (Å²) in [5.41, 5.74) is 9.26. The fourth-order valence-electron chi connectivity index (χ4n) is 1.88. The Morgan fingerprint density at radius 2 is 2.00 bits per heavy atom. The van der Waals surface area contributed by atoms with Gasteiger partial charge >= 0.3 is 0 Å². The molecule has 17 heavy (non-hydrogen) atoms. The average molecular weight is 236 g/mol. The first kappa shape index (κ1) is 13.8. The molecule has 0 bridgehead atoms. The third-order valence-electron chi connectivity index (χ3n) is 2.96. The van der Waals surface area contributed by atoms with Gasteiger partial charge in [0.2, 0.25) is 0 Å². The highest BCUT2D eigenvalue weighted by Gasteiger charge is 2.06. The second-order valence-electron chi connectivity index (χ2n) is 4.01. The molecule has 3 nitrogen and oxygen atoms in total. The molecule has 96 valence electrons. The van der Waals surface area contributed by atoms with Gasteiger partial charge in [-0.1, -0.05) is 6.92 Å². The van der Waals surface area contributed by atoms with E-state index in [1.807, 2.05) is 13.0 Å². The van der Waals surface area contributed by atoms with E-state index < -0.39 is 0 Å². The van der Waals surface area contributed by atoms with Crippen LogP contribution in [0, 0.1) is 0 Å². The Labute approximate surface area is 105 Å². The van der Waals surface area contributed by atoms with Crippen LogP contribution in [0.15, 0.2) is 18.2 Å². The van der Waals surface area contributed by atoms with Crippen molar-refractivity contribution in [3.05, 3.63) is 23.8 Å². The lowest BCUT2D eigenvalue weighted by Gasteiger charge is -2.24. The minimum atomic E-state index is 0.774. The minimum Gasteiger partial charge on any atom is -0.399 e. The third kappa shape index (κ3) is 3.93. The fraction of sp³-hybridized carbons (Fsp3) is 0.571. The summed E-state index contributed by atoms with van der Waals surface area (Å²) in [7, 11) is 0. The van der Waals surface area contributed by atoms with Crippen LogP contribution in [-0.2, 0) is 11.2 Å². The van der Waals surface area contributed by atoms with E-state index in [-0.39, 0.29) is 0 Å². The number of likely N-dealkylation sites (N-methyl/N-ethyl adjacent to an activating group) is 1. The number of nitrogens with two attached hydrogens (primary N) is 1. The first-order valence-corrected chi connectivity index (χ1v) is 6.43. The van der Waals surface area contributed by atoms with Gasteiger partial charge in [0.15, 0.2) is 0 Å². The lowest BCUT2D eigenvalue weighted by Crippen LogP contribution is -2.27. The van der Waals surface area contributed by atoms with Crippen LogP contribution in [-0.4, -0.2) is 26.3 Å². The zero-order valence-electron chi connectivity index (χ0n) is 11.2. The Morgan fingerprint density at radius 1 is 1.24 bits per heavy atom. The number of aryl methyl sites for hydroxylation is 1. The number of ether oxygens (including phenoxy) is 1. The Bertz CT molecular complexity index is 339. The van der Waals surface area contributed by atoms with Gasteiger partial charge in [0.25, 0.3) is 0 Å². The van der Waals surface area contributed by atoms with Crippen LogP contribution in [0.2, 0.25) is 0 Å². The zero-order chi connectivity index (χ0) is 12.7. The molecule has 0 atom stereocenters. The first-order valence-electron chi connectivity index (χ1n) is 6.43. The Hall–Kier alpha value is -1.22. The lowest BCUT2D eigenvalue weighted by atomic mass is 10.1. The summed E-state index contributed by atoms with van der Waals surface area (Å²) in [6, 6.07) is 6.27. The van der Waals surface area contributed by atoms with Gasteiger partial charge in [-0.3, -0.25) is 0 Å². The van der Waals surface area contributed by atoms with Crippen LogP contribution in [0.5, 0.6) is 0 Å². The Kier molecular flexibility index (Phi) is 5.84. The maximum atomic E-state index is 5.92. The van der Waals surface area contributed by atoms with E-state index in [4.69, 9.17) is 10.5 Å². The fourth-order valence-corrected chi connectivity index (χ4v) is 1.88. The summed E-state index contributed by atoms with van der Waals surface area (Å²) in [6.45, 7) is 9.78. The number of benzene rings is 1. The summed E-state index contributed by atoms with van der Waals surface area (Å²) < 4.78 is 5.40. The second-order valence-corrected chi connectivity index (χ2v) is 4.01. The summed E-state index contributed by atoms with van der Waals surface area (Å²) in [4.78, 5) is 2.31. The van der Waals surface area contributed by atoms with Gasteiger partial charge in [0, 0.05) is 31.1 Å². The van der Waals surface area contributed by atoms with Gasteiger partial charge in [0.1, 0.15) is 0 Å². The molecule has 0 saturated carbocycles. The molecule has 0 fully saturated rings. The average Bonchev–Trinajstić information content (AvgIpc) is 2.36. The van der Waals surface area contributed by atoms with Crippen molar-refractivity contribution in [3.8, 4) is 0 Å². The molecule has 0 unspecified atom stereocenters. The standard InChI is InChI=1S/C14H24N2O/c1-4-12-11-13(7-8-14(12)15)16(5-2)9-10-17-6-3/h7-8,11H,4-6,9-10,15H2,1-3H3. The molecule has 1 aromatic carbocycles. The number of anilines is 2. The highest BCUT2D eigenvalue weighted by molar-refractivity contribution is 5.58. The summed E-state index contributed by atoms with van der Waals surface area (Å²) in [5.74, 6) is 0. The van der Waals surface area contributed by atoms with Gasteiger partial charge in [0.05, 0.1) is 6.61 Å². The maximum absolute atomic E-state index is 5.92. The lowest BCUT2D eigenvalue weighted by molar-refractivity contribution is 0.154. The summed E-state index contributed by atoms with van der Waals surface area (Å²) >= 11 is 0. The predicted molar refractivity (Wildman–Crippen MR) is 74.6 cm³/mol. The van der Waals surface area contributed by atoms with Crippen molar-refractivity contribution in [1.29, 1.82) is 0 Å². The first-order chi connectivity index (χ1) is 8.22. The van der Waals surface area contributed by atoms with Crippen molar-refractivity contribution in [2.75, 3.05) is 36.9 Å². The molecule has 0 heterocycles. The SMILES string of the molecule is CCOCCN(CC)c1ccc(N)c(CC)c1. The van der Waals surface area contributed by atoms with Crippen molar-refractivity contribution in [2.24, 2.45) is 0 Å². The largest absolute Gasteiger partial charge is 0.399 e. The van der Waals surface area contributed by atoms with Crippen LogP contribution in [0.25, 0.3) is 0 Å². The number of hydrogen-bond donors (Lipinski definition) is 1. The molecule has 0 spiro atoms. The molecule has 1 aromatic rings. The van der Waals surface area contributed by atoms with E-state index in [9.17, 15) is 0 Å². The molecule has 0 aliphatic carbocycles. The van der Waals surface area contributed by atoms with Crippen LogP contribution >= 0.6 is 0 Å². The Balaban J connectivity index is 2.73. The monoisotopic (exact) mass is 236 g/mol. The van der Waals surface area contributed by atoms with Gasteiger partial charge in [-0.25, -0.2) is 0 Å². The van der Waals surface area contributed by atoms with Crippen LogP contribution < -0.4 is 10.6 Å². The molecule has 0 radical (unpaired) electrons. The second kappa shape index (κ2) is 7.17.